The molecule has 0 bridgehead atoms. The van der Waals surface area contributed by atoms with E-state index >= 15 is 0 Å². The zero-order chi connectivity index (χ0) is 41.4. The summed E-state index contributed by atoms with van der Waals surface area (Å²) in [5, 5.41) is 12.2. The van der Waals surface area contributed by atoms with Crippen LogP contribution < -0.4 is 4.90 Å². The molecule has 13 rings (SSSR count). The summed E-state index contributed by atoms with van der Waals surface area (Å²) in [7, 11) is 0. The Morgan fingerprint density at radius 3 is 1.75 bits per heavy atom. The van der Waals surface area contributed by atoms with Crippen LogP contribution in [0.1, 0.15) is 0 Å². The molecule has 2 heterocycles. The molecule has 11 aromatic carbocycles. The van der Waals surface area contributed by atoms with Gasteiger partial charge in [0.1, 0.15) is 11.2 Å². The monoisotopic (exact) mass is 802 g/mol. The quantitative estimate of drug-likeness (QED) is 0.156. The molecule has 0 atom stereocenters. The number of hydrogen-bond acceptors (Lipinski definition) is 2. The van der Waals surface area contributed by atoms with Crippen molar-refractivity contribution in [3.05, 3.63) is 231 Å². The van der Waals surface area contributed by atoms with Crippen LogP contribution in [0.5, 0.6) is 0 Å². The molecule has 3 heteroatoms. The molecule has 0 saturated heterocycles. The van der Waals surface area contributed by atoms with E-state index in [9.17, 15) is 0 Å². The number of nitrogens with zero attached hydrogens (tertiary/aromatic N) is 2. The Kier molecular flexibility index (Phi) is 7.91. The van der Waals surface area contributed by atoms with Gasteiger partial charge in [0, 0.05) is 38.6 Å². The number of benzene rings is 11. The summed E-state index contributed by atoms with van der Waals surface area (Å²) < 4.78 is 8.88. The molecular formula is C60H38N2O. The van der Waals surface area contributed by atoms with E-state index in [-0.39, 0.29) is 0 Å². The molecule has 0 spiro atoms. The molecule has 0 aliphatic heterocycles. The Balaban J connectivity index is 0.960. The summed E-state index contributed by atoms with van der Waals surface area (Å²) in [6.45, 7) is 0. The Labute approximate surface area is 363 Å². The number of anilines is 3. The second-order valence-corrected chi connectivity index (χ2v) is 16.5. The van der Waals surface area contributed by atoms with Gasteiger partial charge in [-0.1, -0.05) is 164 Å². The number of hydrogen-bond donors (Lipinski definition) is 0. The van der Waals surface area contributed by atoms with Crippen LogP contribution in [0.3, 0.4) is 0 Å². The van der Waals surface area contributed by atoms with Crippen LogP contribution in [-0.2, 0) is 0 Å². The molecule has 0 N–H and O–H groups in total. The number of para-hydroxylation sites is 2. The van der Waals surface area contributed by atoms with Gasteiger partial charge >= 0.3 is 0 Å². The van der Waals surface area contributed by atoms with Gasteiger partial charge in [-0.2, -0.15) is 0 Å². The van der Waals surface area contributed by atoms with E-state index in [1.807, 2.05) is 6.07 Å². The van der Waals surface area contributed by atoms with Gasteiger partial charge in [0.25, 0.3) is 0 Å². The summed E-state index contributed by atoms with van der Waals surface area (Å²) in [6, 6.07) is 83.5. The molecule has 0 amide bonds. The summed E-state index contributed by atoms with van der Waals surface area (Å²) in [5.41, 5.74) is 13.2. The van der Waals surface area contributed by atoms with Crippen LogP contribution in [0.25, 0.3) is 104 Å². The van der Waals surface area contributed by atoms with Crippen molar-refractivity contribution in [2.75, 3.05) is 4.90 Å². The molecule has 0 aliphatic carbocycles. The first kappa shape index (κ1) is 35.4. The Hall–Kier alpha value is -8.40. The molecule has 294 valence electrons. The number of aromatic nitrogens is 1. The van der Waals surface area contributed by atoms with Crippen LogP contribution in [0.2, 0.25) is 0 Å². The largest absolute Gasteiger partial charge is 0.456 e. The van der Waals surface area contributed by atoms with Gasteiger partial charge in [-0.05, 0) is 116 Å². The van der Waals surface area contributed by atoms with E-state index in [0.29, 0.717) is 0 Å². The fourth-order valence-corrected chi connectivity index (χ4v) is 10.1. The van der Waals surface area contributed by atoms with Crippen LogP contribution in [0, 0.1) is 0 Å². The molecule has 0 unspecified atom stereocenters. The lowest BCUT2D eigenvalue weighted by molar-refractivity contribution is 0.669. The molecule has 63 heavy (non-hydrogen) atoms. The van der Waals surface area contributed by atoms with Crippen molar-refractivity contribution in [3.63, 3.8) is 0 Å². The Morgan fingerprint density at radius 2 is 0.952 bits per heavy atom. The molecule has 3 nitrogen and oxygen atoms in total. The second kappa shape index (κ2) is 14.1. The summed E-state index contributed by atoms with van der Waals surface area (Å²) in [4.78, 5) is 2.37. The van der Waals surface area contributed by atoms with Crippen molar-refractivity contribution in [2.45, 2.75) is 0 Å². The van der Waals surface area contributed by atoms with Crippen molar-refractivity contribution >= 4 is 93.1 Å². The van der Waals surface area contributed by atoms with Gasteiger partial charge in [-0.15, -0.1) is 0 Å². The van der Waals surface area contributed by atoms with Gasteiger partial charge in [-0.25, -0.2) is 0 Å². The van der Waals surface area contributed by atoms with E-state index in [1.54, 1.807) is 0 Å². The van der Waals surface area contributed by atoms with E-state index in [1.165, 1.54) is 70.8 Å². The highest BCUT2D eigenvalue weighted by Gasteiger charge is 2.21. The zero-order valence-electron chi connectivity index (χ0n) is 34.2. The highest BCUT2D eigenvalue weighted by Crippen LogP contribution is 2.45. The standard InChI is InChI=1S/C60H38N2O/c1-2-15-44(16-3-1)62-56-38-42(30-35-51(56)52-36-29-40-13-4-7-18-48(40)60(52)62)39-25-31-45(32-26-39)61(55-22-12-24-58-59(55)53-21-10-11-23-57(53)63-58)46-33-27-41(28-34-46)54-37-43-14-5-6-17-47(43)49-19-8-9-20-50(49)54/h1-38H. The summed E-state index contributed by atoms with van der Waals surface area (Å²) in [5.74, 6) is 0. The van der Waals surface area contributed by atoms with E-state index in [2.05, 4.69) is 234 Å². The van der Waals surface area contributed by atoms with Crippen LogP contribution in [0.4, 0.5) is 17.1 Å². The average molecular weight is 803 g/mol. The average Bonchev–Trinajstić information content (AvgIpc) is 3.91. The maximum absolute atomic E-state index is 6.44. The summed E-state index contributed by atoms with van der Waals surface area (Å²) >= 11 is 0. The summed E-state index contributed by atoms with van der Waals surface area (Å²) in [6.07, 6.45) is 0. The molecule has 2 aromatic heterocycles. The minimum Gasteiger partial charge on any atom is -0.456 e. The lowest BCUT2D eigenvalue weighted by Crippen LogP contribution is -2.10. The predicted octanol–water partition coefficient (Wildman–Crippen LogP) is 16.9. The van der Waals surface area contributed by atoms with Crippen LogP contribution in [0.15, 0.2) is 235 Å². The minimum atomic E-state index is 0.865. The van der Waals surface area contributed by atoms with E-state index < -0.39 is 0 Å². The van der Waals surface area contributed by atoms with Crippen molar-refractivity contribution in [3.8, 4) is 27.9 Å². The molecule has 0 saturated carbocycles. The lowest BCUT2D eigenvalue weighted by atomic mass is 9.93. The first-order valence-electron chi connectivity index (χ1n) is 21.6. The third-order valence-corrected chi connectivity index (χ3v) is 13.0. The molecule has 0 fully saturated rings. The Morgan fingerprint density at radius 1 is 0.349 bits per heavy atom. The van der Waals surface area contributed by atoms with Gasteiger partial charge < -0.3 is 13.9 Å². The van der Waals surface area contributed by atoms with Crippen LogP contribution in [-0.4, -0.2) is 4.57 Å². The van der Waals surface area contributed by atoms with Gasteiger partial charge in [-0.3, -0.25) is 0 Å². The molecule has 13 aromatic rings. The Bertz CT molecular complexity index is 3900. The zero-order valence-corrected chi connectivity index (χ0v) is 34.2. The number of furan rings is 1. The van der Waals surface area contributed by atoms with Crippen molar-refractivity contribution in [1.29, 1.82) is 0 Å². The van der Waals surface area contributed by atoms with Crippen LogP contribution >= 0.6 is 0 Å². The highest BCUT2D eigenvalue weighted by molar-refractivity contribution is 6.19. The fraction of sp³-hybridized carbons (Fsp3) is 0. The maximum atomic E-state index is 6.44. The van der Waals surface area contributed by atoms with Crippen molar-refractivity contribution < 1.29 is 4.42 Å². The minimum absolute atomic E-state index is 0.865. The smallest absolute Gasteiger partial charge is 0.137 e. The normalized spacial score (nSPS) is 11.8. The second-order valence-electron chi connectivity index (χ2n) is 16.5. The first-order valence-corrected chi connectivity index (χ1v) is 21.6. The highest BCUT2D eigenvalue weighted by atomic mass is 16.3. The van der Waals surface area contributed by atoms with Gasteiger partial charge in [0.2, 0.25) is 0 Å². The number of rotatable bonds is 6. The molecular weight excluding hydrogens is 765 g/mol. The predicted molar refractivity (Wildman–Crippen MR) is 266 cm³/mol. The van der Waals surface area contributed by atoms with Crippen molar-refractivity contribution in [1.82, 2.24) is 4.57 Å². The third kappa shape index (κ3) is 5.60. The van der Waals surface area contributed by atoms with E-state index in [0.717, 1.165) is 50.3 Å². The lowest BCUT2D eigenvalue weighted by Gasteiger charge is -2.27. The fourth-order valence-electron chi connectivity index (χ4n) is 10.1. The number of fused-ring (bicyclic) bond motifs is 11. The molecule has 0 aliphatic rings. The topological polar surface area (TPSA) is 21.3 Å². The SMILES string of the molecule is c1ccc(-n2c3cc(-c4ccc(N(c5ccc(-c6cc7ccccc7c7ccccc67)cc5)c5cccc6oc7ccccc7c56)cc4)ccc3c3ccc4ccccc4c32)cc1. The van der Waals surface area contributed by atoms with E-state index in [4.69, 9.17) is 4.42 Å². The molecule has 0 radical (unpaired) electrons. The first-order chi connectivity index (χ1) is 31.2. The van der Waals surface area contributed by atoms with Gasteiger partial charge in [0.05, 0.1) is 22.1 Å². The van der Waals surface area contributed by atoms with Gasteiger partial charge in [0.15, 0.2) is 0 Å². The maximum Gasteiger partial charge on any atom is 0.137 e. The van der Waals surface area contributed by atoms with Crippen molar-refractivity contribution in [2.24, 2.45) is 0 Å². The third-order valence-electron chi connectivity index (χ3n) is 13.0.